The van der Waals surface area contributed by atoms with Gasteiger partial charge in [0, 0.05) is 5.56 Å². The molecule has 1 fully saturated rings. The van der Waals surface area contributed by atoms with E-state index in [4.69, 9.17) is 4.74 Å². The molecule has 2 rings (SSSR count). The lowest BCUT2D eigenvalue weighted by Crippen LogP contribution is -2.27. The molecule has 0 unspecified atom stereocenters. The van der Waals surface area contributed by atoms with Crippen LogP contribution in [0, 0.1) is 11.6 Å². The Balaban J connectivity index is 2.39. The van der Waals surface area contributed by atoms with Crippen LogP contribution in [0.15, 0.2) is 12.1 Å². The van der Waals surface area contributed by atoms with Crippen LogP contribution in [-0.4, -0.2) is 20.2 Å². The average molecular weight is 227 g/mol. The van der Waals surface area contributed by atoms with E-state index in [1.165, 1.54) is 13.2 Å². The summed E-state index contributed by atoms with van der Waals surface area (Å²) in [5.41, 5.74) is 0.393. The third-order valence-corrected chi connectivity index (χ3v) is 3.06. The standard InChI is InChI=1S/C12H15F2NO/c1-16-10-3-2-9(13)12(14)11(10)8-4-6-15-7-5-8/h2-3,8,15H,4-7H2,1H3. The van der Waals surface area contributed by atoms with Crippen molar-refractivity contribution in [2.24, 2.45) is 0 Å². The van der Waals surface area contributed by atoms with Gasteiger partial charge in [0.25, 0.3) is 0 Å². The number of benzene rings is 1. The summed E-state index contributed by atoms with van der Waals surface area (Å²) >= 11 is 0. The smallest absolute Gasteiger partial charge is 0.165 e. The van der Waals surface area contributed by atoms with Crippen LogP contribution in [0.1, 0.15) is 24.3 Å². The van der Waals surface area contributed by atoms with E-state index in [0.717, 1.165) is 32.0 Å². The molecule has 88 valence electrons. The van der Waals surface area contributed by atoms with Crippen molar-refractivity contribution in [1.82, 2.24) is 5.32 Å². The van der Waals surface area contributed by atoms with Gasteiger partial charge in [-0.2, -0.15) is 0 Å². The van der Waals surface area contributed by atoms with Gasteiger partial charge in [0.15, 0.2) is 11.6 Å². The Bertz CT molecular complexity index is 376. The lowest BCUT2D eigenvalue weighted by molar-refractivity contribution is 0.373. The van der Waals surface area contributed by atoms with Gasteiger partial charge in [0.2, 0.25) is 0 Å². The van der Waals surface area contributed by atoms with Gasteiger partial charge in [-0.1, -0.05) is 0 Å². The van der Waals surface area contributed by atoms with E-state index in [0.29, 0.717) is 11.3 Å². The lowest BCUT2D eigenvalue weighted by Gasteiger charge is -2.25. The van der Waals surface area contributed by atoms with Gasteiger partial charge in [0.05, 0.1) is 7.11 Å². The fourth-order valence-corrected chi connectivity index (χ4v) is 2.22. The third kappa shape index (κ3) is 2.02. The molecule has 1 aromatic rings. The maximum Gasteiger partial charge on any atom is 0.165 e. The van der Waals surface area contributed by atoms with Gasteiger partial charge in [0.1, 0.15) is 5.75 Å². The number of nitrogens with one attached hydrogen (secondary N) is 1. The molecule has 0 saturated carbocycles. The first-order valence-electron chi connectivity index (χ1n) is 5.46. The van der Waals surface area contributed by atoms with Crippen LogP contribution in [0.5, 0.6) is 5.75 Å². The van der Waals surface area contributed by atoms with Gasteiger partial charge in [-0.05, 0) is 44.0 Å². The average Bonchev–Trinajstić information content (AvgIpc) is 2.33. The summed E-state index contributed by atoms with van der Waals surface area (Å²) in [6.07, 6.45) is 1.63. The maximum absolute atomic E-state index is 13.8. The Labute approximate surface area is 93.6 Å². The zero-order valence-corrected chi connectivity index (χ0v) is 9.22. The van der Waals surface area contributed by atoms with Crippen molar-refractivity contribution >= 4 is 0 Å². The number of halogens is 2. The summed E-state index contributed by atoms with van der Waals surface area (Å²) in [6.45, 7) is 1.67. The summed E-state index contributed by atoms with van der Waals surface area (Å²) in [7, 11) is 1.48. The topological polar surface area (TPSA) is 21.3 Å². The molecule has 0 spiro atoms. The van der Waals surface area contributed by atoms with Crippen LogP contribution in [0.2, 0.25) is 0 Å². The van der Waals surface area contributed by atoms with Crippen molar-refractivity contribution in [3.63, 3.8) is 0 Å². The van der Waals surface area contributed by atoms with Crippen LogP contribution in [0.3, 0.4) is 0 Å². The van der Waals surface area contributed by atoms with Gasteiger partial charge in [-0.25, -0.2) is 8.78 Å². The van der Waals surface area contributed by atoms with Crippen LogP contribution < -0.4 is 10.1 Å². The normalized spacial score (nSPS) is 17.4. The first-order valence-corrected chi connectivity index (χ1v) is 5.46. The first kappa shape index (κ1) is 11.3. The molecular weight excluding hydrogens is 212 g/mol. The molecule has 1 aromatic carbocycles. The highest BCUT2D eigenvalue weighted by atomic mass is 19.2. The first-order chi connectivity index (χ1) is 7.74. The van der Waals surface area contributed by atoms with E-state index in [1.807, 2.05) is 0 Å². The summed E-state index contributed by atoms with van der Waals surface area (Å²) < 4.78 is 32.1. The molecule has 1 aliphatic rings. The molecule has 1 aliphatic heterocycles. The molecule has 0 aromatic heterocycles. The Morgan fingerprint density at radius 1 is 1.25 bits per heavy atom. The number of methoxy groups -OCH3 is 1. The molecule has 0 bridgehead atoms. The second-order valence-electron chi connectivity index (χ2n) is 4.00. The van der Waals surface area contributed by atoms with Gasteiger partial charge >= 0.3 is 0 Å². The van der Waals surface area contributed by atoms with Crippen molar-refractivity contribution in [1.29, 1.82) is 0 Å². The molecule has 1 heterocycles. The molecular formula is C12H15F2NO. The quantitative estimate of drug-likeness (QED) is 0.837. The molecule has 0 radical (unpaired) electrons. The van der Waals surface area contributed by atoms with E-state index in [2.05, 4.69) is 5.32 Å². The van der Waals surface area contributed by atoms with Crippen molar-refractivity contribution in [2.45, 2.75) is 18.8 Å². The van der Waals surface area contributed by atoms with E-state index >= 15 is 0 Å². The largest absolute Gasteiger partial charge is 0.496 e. The van der Waals surface area contributed by atoms with Crippen molar-refractivity contribution in [3.8, 4) is 5.75 Å². The highest BCUT2D eigenvalue weighted by Gasteiger charge is 2.24. The predicted octanol–water partition coefficient (Wildman–Crippen LogP) is 2.44. The Morgan fingerprint density at radius 2 is 1.94 bits per heavy atom. The molecule has 4 heteroatoms. The summed E-state index contributed by atoms with van der Waals surface area (Å²) in [5.74, 6) is -1.06. The van der Waals surface area contributed by atoms with Crippen LogP contribution >= 0.6 is 0 Å². The Kier molecular flexibility index (Phi) is 3.39. The lowest BCUT2D eigenvalue weighted by atomic mass is 9.89. The van der Waals surface area contributed by atoms with E-state index < -0.39 is 11.6 Å². The molecule has 1 N–H and O–H groups in total. The van der Waals surface area contributed by atoms with Crippen molar-refractivity contribution in [3.05, 3.63) is 29.3 Å². The summed E-state index contributed by atoms with van der Waals surface area (Å²) in [5, 5.41) is 3.20. The highest BCUT2D eigenvalue weighted by molar-refractivity contribution is 5.38. The minimum absolute atomic E-state index is 0.0481. The predicted molar refractivity (Wildman–Crippen MR) is 57.8 cm³/mol. The van der Waals surface area contributed by atoms with Crippen LogP contribution in [0.25, 0.3) is 0 Å². The van der Waals surface area contributed by atoms with E-state index in [1.54, 1.807) is 0 Å². The van der Waals surface area contributed by atoms with E-state index in [-0.39, 0.29) is 5.92 Å². The second-order valence-corrected chi connectivity index (χ2v) is 4.00. The Hall–Kier alpha value is -1.16. The number of piperidine rings is 1. The number of rotatable bonds is 2. The molecule has 0 amide bonds. The Morgan fingerprint density at radius 3 is 2.56 bits per heavy atom. The van der Waals surface area contributed by atoms with Crippen molar-refractivity contribution < 1.29 is 13.5 Å². The number of hydrogen-bond donors (Lipinski definition) is 1. The minimum atomic E-state index is -0.797. The van der Waals surface area contributed by atoms with E-state index in [9.17, 15) is 8.78 Å². The van der Waals surface area contributed by atoms with Crippen LogP contribution in [0.4, 0.5) is 8.78 Å². The van der Waals surface area contributed by atoms with Gasteiger partial charge in [-0.3, -0.25) is 0 Å². The van der Waals surface area contributed by atoms with Gasteiger partial charge in [-0.15, -0.1) is 0 Å². The highest BCUT2D eigenvalue weighted by Crippen LogP contribution is 2.35. The number of hydrogen-bond acceptors (Lipinski definition) is 2. The minimum Gasteiger partial charge on any atom is -0.496 e. The molecule has 0 aliphatic carbocycles. The second kappa shape index (κ2) is 4.78. The fraction of sp³-hybridized carbons (Fsp3) is 0.500. The third-order valence-electron chi connectivity index (χ3n) is 3.06. The van der Waals surface area contributed by atoms with Gasteiger partial charge < -0.3 is 10.1 Å². The zero-order valence-electron chi connectivity index (χ0n) is 9.22. The molecule has 2 nitrogen and oxygen atoms in total. The fourth-order valence-electron chi connectivity index (χ4n) is 2.22. The molecule has 1 saturated heterocycles. The SMILES string of the molecule is COc1ccc(F)c(F)c1C1CCNCC1. The summed E-state index contributed by atoms with van der Waals surface area (Å²) in [4.78, 5) is 0. The molecule has 0 atom stereocenters. The van der Waals surface area contributed by atoms with Crippen LogP contribution in [-0.2, 0) is 0 Å². The van der Waals surface area contributed by atoms with Crippen molar-refractivity contribution in [2.75, 3.05) is 20.2 Å². The molecule has 16 heavy (non-hydrogen) atoms. The maximum atomic E-state index is 13.8. The monoisotopic (exact) mass is 227 g/mol. The summed E-state index contributed by atoms with van der Waals surface area (Å²) in [6, 6.07) is 2.61. The number of ether oxygens (including phenoxy) is 1. The zero-order chi connectivity index (χ0) is 11.5.